The molecule has 0 radical (unpaired) electrons. The number of ether oxygens (including phenoxy) is 1. The number of hydrogen-bond acceptors (Lipinski definition) is 2. The SMILES string of the molecule is CC(F)(F)COC(=O)C1C2c3ccccc3C(c3ccccc32)C1C(C)(C)C. The molecule has 2 unspecified atom stereocenters. The van der Waals surface area contributed by atoms with Crippen molar-refractivity contribution < 1.29 is 18.3 Å². The molecule has 3 aliphatic rings. The van der Waals surface area contributed by atoms with Gasteiger partial charge in [-0.25, -0.2) is 8.78 Å². The van der Waals surface area contributed by atoms with Gasteiger partial charge in [-0.3, -0.25) is 4.79 Å². The number of hydrogen-bond donors (Lipinski definition) is 0. The van der Waals surface area contributed by atoms with Crippen LogP contribution in [0.1, 0.15) is 61.8 Å². The fraction of sp³-hybridized carbons (Fsp3) is 0.458. The largest absolute Gasteiger partial charge is 0.459 e. The van der Waals surface area contributed by atoms with Crippen molar-refractivity contribution in [2.45, 2.75) is 45.5 Å². The number of fused-ring (bicyclic) bond motifs is 1. The van der Waals surface area contributed by atoms with E-state index in [1.54, 1.807) is 0 Å². The number of alkyl halides is 2. The van der Waals surface area contributed by atoms with Crippen LogP contribution in [0.25, 0.3) is 0 Å². The fourth-order valence-corrected chi connectivity index (χ4v) is 5.29. The fourth-order valence-electron chi connectivity index (χ4n) is 5.29. The maximum absolute atomic E-state index is 13.4. The van der Waals surface area contributed by atoms with E-state index in [0.29, 0.717) is 0 Å². The van der Waals surface area contributed by atoms with Crippen molar-refractivity contribution >= 4 is 5.97 Å². The molecule has 2 aromatic rings. The summed E-state index contributed by atoms with van der Waals surface area (Å²) in [6.07, 6.45) is 0. The Labute approximate surface area is 164 Å². The zero-order valence-corrected chi connectivity index (χ0v) is 16.7. The Morgan fingerprint density at radius 3 is 1.68 bits per heavy atom. The smallest absolute Gasteiger partial charge is 0.310 e. The first-order chi connectivity index (χ1) is 13.1. The van der Waals surface area contributed by atoms with E-state index in [0.717, 1.165) is 18.1 Å². The van der Waals surface area contributed by atoms with Gasteiger partial charge < -0.3 is 4.74 Å². The Kier molecular flexibility index (Phi) is 4.36. The molecule has 2 aromatic carbocycles. The van der Waals surface area contributed by atoms with Crippen LogP contribution in [0.4, 0.5) is 8.78 Å². The van der Waals surface area contributed by atoms with Gasteiger partial charge in [0.2, 0.25) is 0 Å². The van der Waals surface area contributed by atoms with Crippen LogP contribution in [0.5, 0.6) is 0 Å². The predicted octanol–water partition coefficient (Wildman–Crippen LogP) is 5.75. The molecule has 2 bridgehead atoms. The van der Waals surface area contributed by atoms with Crippen LogP contribution >= 0.6 is 0 Å². The summed E-state index contributed by atoms with van der Waals surface area (Å²) < 4.78 is 31.9. The van der Waals surface area contributed by atoms with Crippen LogP contribution in [-0.4, -0.2) is 18.5 Å². The summed E-state index contributed by atoms with van der Waals surface area (Å²) in [4.78, 5) is 13.2. The molecule has 0 heterocycles. The minimum Gasteiger partial charge on any atom is -0.459 e. The van der Waals surface area contributed by atoms with Gasteiger partial charge in [0.05, 0.1) is 5.92 Å². The van der Waals surface area contributed by atoms with Crippen molar-refractivity contribution in [3.63, 3.8) is 0 Å². The van der Waals surface area contributed by atoms with Gasteiger partial charge in [-0.2, -0.15) is 0 Å². The highest BCUT2D eigenvalue weighted by Crippen LogP contribution is 2.62. The molecule has 0 N–H and O–H groups in total. The van der Waals surface area contributed by atoms with Crippen LogP contribution in [0.3, 0.4) is 0 Å². The lowest BCUT2D eigenvalue weighted by molar-refractivity contribution is -0.164. The van der Waals surface area contributed by atoms with Gasteiger partial charge in [-0.05, 0) is 33.6 Å². The molecule has 0 aromatic heterocycles. The lowest BCUT2D eigenvalue weighted by atomic mass is 9.49. The number of esters is 1. The average Bonchev–Trinajstić information content (AvgIpc) is 2.64. The normalized spacial score (nSPS) is 25.8. The van der Waals surface area contributed by atoms with Crippen molar-refractivity contribution in [3.8, 4) is 0 Å². The van der Waals surface area contributed by atoms with E-state index < -0.39 is 24.4 Å². The third kappa shape index (κ3) is 3.03. The second kappa shape index (κ2) is 6.40. The molecular weight excluding hydrogens is 358 g/mol. The molecule has 0 aliphatic heterocycles. The monoisotopic (exact) mass is 384 g/mol. The standard InChI is InChI=1S/C24H26F2O2/c1-23(2,3)21-19-16-11-7-5-9-14(16)18(15-10-6-8-12-17(15)19)20(21)22(27)28-13-24(4,25)26/h5-12,18-21H,13H2,1-4H3. The van der Waals surface area contributed by atoms with Gasteiger partial charge in [0.15, 0.2) is 6.61 Å². The van der Waals surface area contributed by atoms with Crippen LogP contribution in [0.2, 0.25) is 0 Å². The molecule has 0 saturated heterocycles. The Hall–Kier alpha value is -2.23. The second-order valence-electron chi connectivity index (χ2n) is 9.31. The molecule has 5 rings (SSSR count). The molecular formula is C24H26F2O2. The van der Waals surface area contributed by atoms with Gasteiger partial charge >= 0.3 is 5.97 Å². The molecule has 0 fully saturated rings. The van der Waals surface area contributed by atoms with Crippen LogP contribution in [-0.2, 0) is 9.53 Å². The van der Waals surface area contributed by atoms with Gasteiger partial charge in [0.25, 0.3) is 5.92 Å². The summed E-state index contributed by atoms with van der Waals surface area (Å²) in [6.45, 7) is 6.27. The second-order valence-corrected chi connectivity index (χ2v) is 9.31. The highest BCUT2D eigenvalue weighted by Gasteiger charge is 2.56. The maximum atomic E-state index is 13.4. The minimum absolute atomic E-state index is 0.0275. The Bertz CT molecular complexity index is 860. The van der Waals surface area contributed by atoms with E-state index >= 15 is 0 Å². The van der Waals surface area contributed by atoms with Gasteiger partial charge in [-0.15, -0.1) is 0 Å². The Morgan fingerprint density at radius 2 is 1.29 bits per heavy atom. The van der Waals surface area contributed by atoms with Gasteiger partial charge in [0.1, 0.15) is 0 Å². The quantitative estimate of drug-likeness (QED) is 0.630. The molecule has 28 heavy (non-hydrogen) atoms. The average molecular weight is 384 g/mol. The Morgan fingerprint density at radius 1 is 0.857 bits per heavy atom. The lowest BCUT2D eigenvalue weighted by Crippen LogP contribution is -2.49. The zero-order chi connectivity index (χ0) is 20.3. The van der Waals surface area contributed by atoms with Crippen molar-refractivity contribution in [2.75, 3.05) is 6.61 Å². The molecule has 0 saturated carbocycles. The first-order valence-electron chi connectivity index (χ1n) is 9.82. The minimum atomic E-state index is -3.03. The third-order valence-corrected chi connectivity index (χ3v) is 6.18. The molecule has 148 valence electrons. The number of rotatable bonds is 3. The topological polar surface area (TPSA) is 26.3 Å². The van der Waals surface area contributed by atoms with E-state index in [-0.39, 0.29) is 23.2 Å². The molecule has 0 amide bonds. The summed E-state index contributed by atoms with van der Waals surface area (Å²) in [5.41, 5.74) is 4.54. The first kappa shape index (κ1) is 19.1. The van der Waals surface area contributed by atoms with Crippen molar-refractivity contribution in [2.24, 2.45) is 17.3 Å². The summed E-state index contributed by atoms with van der Waals surface area (Å²) in [7, 11) is 0. The number of halogens is 2. The third-order valence-electron chi connectivity index (χ3n) is 6.18. The van der Waals surface area contributed by atoms with Crippen LogP contribution in [0.15, 0.2) is 48.5 Å². The van der Waals surface area contributed by atoms with E-state index in [9.17, 15) is 13.6 Å². The van der Waals surface area contributed by atoms with Crippen molar-refractivity contribution in [1.29, 1.82) is 0 Å². The van der Waals surface area contributed by atoms with Crippen molar-refractivity contribution in [1.82, 2.24) is 0 Å². The molecule has 0 spiro atoms. The van der Waals surface area contributed by atoms with Crippen molar-refractivity contribution in [3.05, 3.63) is 70.8 Å². The van der Waals surface area contributed by atoms with E-state index in [4.69, 9.17) is 4.74 Å². The highest BCUT2D eigenvalue weighted by atomic mass is 19.3. The zero-order valence-electron chi connectivity index (χ0n) is 16.7. The Balaban J connectivity index is 1.87. The molecule has 4 heteroatoms. The maximum Gasteiger partial charge on any atom is 0.310 e. The number of benzene rings is 2. The summed E-state index contributed by atoms with van der Waals surface area (Å²) in [5.74, 6) is -4.16. The van der Waals surface area contributed by atoms with Gasteiger partial charge in [-0.1, -0.05) is 69.3 Å². The lowest BCUT2D eigenvalue weighted by Gasteiger charge is -2.54. The summed E-state index contributed by atoms with van der Waals surface area (Å²) in [6, 6.07) is 16.5. The summed E-state index contributed by atoms with van der Waals surface area (Å²) >= 11 is 0. The molecule has 2 nitrogen and oxygen atoms in total. The van der Waals surface area contributed by atoms with E-state index in [1.165, 1.54) is 11.1 Å². The molecule has 2 atom stereocenters. The predicted molar refractivity (Wildman–Crippen MR) is 105 cm³/mol. The first-order valence-corrected chi connectivity index (χ1v) is 9.82. The van der Waals surface area contributed by atoms with E-state index in [1.807, 2.05) is 24.3 Å². The summed E-state index contributed by atoms with van der Waals surface area (Å²) in [5, 5.41) is 0. The van der Waals surface area contributed by atoms with Crippen LogP contribution in [0, 0.1) is 17.3 Å². The van der Waals surface area contributed by atoms with Gasteiger partial charge in [0, 0.05) is 18.8 Å². The molecule has 3 aliphatic carbocycles. The number of carbonyl (C=O) groups excluding carboxylic acids is 1. The highest BCUT2D eigenvalue weighted by molar-refractivity contribution is 5.78. The van der Waals surface area contributed by atoms with Crippen LogP contribution < -0.4 is 0 Å². The number of carbonyl (C=O) groups is 1. The van der Waals surface area contributed by atoms with E-state index in [2.05, 4.69) is 45.0 Å².